The van der Waals surface area contributed by atoms with Crippen LogP contribution < -0.4 is 11.3 Å². The van der Waals surface area contributed by atoms with Crippen LogP contribution in [0.5, 0.6) is 0 Å². The monoisotopic (exact) mass is 252 g/mol. The zero-order valence-corrected chi connectivity index (χ0v) is 10.6. The highest BCUT2D eigenvalue weighted by Crippen LogP contribution is 2.30. The number of benzene rings is 1. The summed E-state index contributed by atoms with van der Waals surface area (Å²) in [5.74, 6) is 5.67. The van der Waals surface area contributed by atoms with Crippen LogP contribution in [-0.2, 0) is 4.74 Å². The molecule has 0 fully saturated rings. The third kappa shape index (κ3) is 2.80. The first-order valence-electron chi connectivity index (χ1n) is 5.75. The van der Waals surface area contributed by atoms with E-state index >= 15 is 0 Å². The number of ether oxygens (including phenoxy) is 1. The average molecular weight is 253 g/mol. The van der Waals surface area contributed by atoms with E-state index in [2.05, 4.69) is 12.3 Å². The van der Waals surface area contributed by atoms with Gasteiger partial charge < -0.3 is 4.74 Å². The third-order valence-corrected chi connectivity index (χ3v) is 3.29. The lowest BCUT2D eigenvalue weighted by molar-refractivity contribution is 0.219. The molecule has 1 unspecified atom stereocenters. The maximum absolute atomic E-state index is 6.04. The number of nitrogens with one attached hydrogen (secondary N) is 1. The summed E-state index contributed by atoms with van der Waals surface area (Å²) in [6, 6.07) is 5.83. The number of nitrogens with two attached hydrogens (primary N) is 1. The van der Waals surface area contributed by atoms with E-state index in [-0.39, 0.29) is 6.04 Å². The molecule has 0 bridgehead atoms. The van der Waals surface area contributed by atoms with Gasteiger partial charge in [-0.2, -0.15) is 0 Å². The summed E-state index contributed by atoms with van der Waals surface area (Å²) in [4.78, 5) is 0. The molecule has 1 aromatic carbocycles. The molecule has 0 saturated carbocycles. The van der Waals surface area contributed by atoms with Crippen LogP contribution in [0.15, 0.2) is 30.0 Å². The number of rotatable bonds is 3. The highest BCUT2D eigenvalue weighted by molar-refractivity contribution is 6.30. The van der Waals surface area contributed by atoms with Gasteiger partial charge in [0, 0.05) is 5.02 Å². The average Bonchev–Trinajstić information content (AvgIpc) is 2.36. The first-order valence-corrected chi connectivity index (χ1v) is 6.13. The highest BCUT2D eigenvalue weighted by Gasteiger charge is 2.19. The molecule has 2 rings (SSSR count). The van der Waals surface area contributed by atoms with E-state index in [0.29, 0.717) is 0 Å². The maximum Gasteiger partial charge on any atom is 0.0876 e. The Morgan fingerprint density at radius 1 is 1.47 bits per heavy atom. The zero-order chi connectivity index (χ0) is 12.3. The van der Waals surface area contributed by atoms with E-state index < -0.39 is 0 Å². The van der Waals surface area contributed by atoms with Crippen LogP contribution in [0, 0.1) is 6.92 Å². The summed E-state index contributed by atoms with van der Waals surface area (Å²) in [6.45, 7) is 2.84. The molecule has 0 aromatic heterocycles. The van der Waals surface area contributed by atoms with E-state index in [1.807, 2.05) is 24.5 Å². The summed E-state index contributed by atoms with van der Waals surface area (Å²) in [6.07, 6.45) is 3.85. The van der Waals surface area contributed by atoms with Crippen molar-refractivity contribution in [1.29, 1.82) is 0 Å². The molecule has 1 heterocycles. The summed E-state index contributed by atoms with van der Waals surface area (Å²) < 4.78 is 5.37. The van der Waals surface area contributed by atoms with Crippen molar-refractivity contribution in [3.8, 4) is 0 Å². The molecule has 1 atom stereocenters. The SMILES string of the molecule is Cc1ccc(Cl)cc1C(NN)C1=COCCC1. The minimum Gasteiger partial charge on any atom is -0.501 e. The number of hydrogen-bond acceptors (Lipinski definition) is 3. The van der Waals surface area contributed by atoms with Crippen molar-refractivity contribution in [2.24, 2.45) is 5.84 Å². The van der Waals surface area contributed by atoms with Gasteiger partial charge in [0.05, 0.1) is 18.9 Å². The van der Waals surface area contributed by atoms with Crippen LogP contribution in [0.3, 0.4) is 0 Å². The minimum absolute atomic E-state index is 0.0194. The van der Waals surface area contributed by atoms with Gasteiger partial charge in [0.15, 0.2) is 0 Å². The van der Waals surface area contributed by atoms with Crippen LogP contribution >= 0.6 is 11.6 Å². The highest BCUT2D eigenvalue weighted by atomic mass is 35.5. The van der Waals surface area contributed by atoms with Gasteiger partial charge in [0.1, 0.15) is 0 Å². The van der Waals surface area contributed by atoms with E-state index in [1.165, 1.54) is 11.1 Å². The fourth-order valence-corrected chi connectivity index (χ4v) is 2.30. The standard InChI is InChI=1S/C13H17ClN2O/c1-9-4-5-11(14)7-12(9)13(16-15)10-3-2-6-17-8-10/h4-5,7-8,13,16H,2-3,6,15H2,1H3. The minimum atomic E-state index is -0.0194. The molecule has 17 heavy (non-hydrogen) atoms. The molecule has 4 heteroatoms. The molecule has 1 aliphatic rings. The Morgan fingerprint density at radius 2 is 2.29 bits per heavy atom. The molecular weight excluding hydrogens is 236 g/mol. The second-order valence-electron chi connectivity index (χ2n) is 4.27. The molecule has 3 N–H and O–H groups in total. The van der Waals surface area contributed by atoms with E-state index in [1.54, 1.807) is 0 Å². The molecule has 0 spiro atoms. The Bertz CT molecular complexity index is 431. The van der Waals surface area contributed by atoms with Crippen LogP contribution in [0.1, 0.15) is 30.0 Å². The Kier molecular flexibility index (Phi) is 4.05. The van der Waals surface area contributed by atoms with E-state index in [0.717, 1.165) is 30.0 Å². The van der Waals surface area contributed by atoms with Crippen LogP contribution in [0.2, 0.25) is 5.02 Å². The molecule has 1 aliphatic heterocycles. The Balaban J connectivity index is 2.34. The van der Waals surface area contributed by atoms with Gasteiger partial charge in [0.25, 0.3) is 0 Å². The van der Waals surface area contributed by atoms with Crippen molar-refractivity contribution in [3.05, 3.63) is 46.2 Å². The summed E-state index contributed by atoms with van der Waals surface area (Å²) in [5.41, 5.74) is 6.30. The van der Waals surface area contributed by atoms with Gasteiger partial charge in [-0.3, -0.25) is 5.84 Å². The zero-order valence-electron chi connectivity index (χ0n) is 9.87. The summed E-state index contributed by atoms with van der Waals surface area (Å²) in [7, 11) is 0. The van der Waals surface area contributed by atoms with E-state index in [9.17, 15) is 0 Å². The lowest BCUT2D eigenvalue weighted by Gasteiger charge is -2.24. The number of hydrazine groups is 1. The maximum atomic E-state index is 6.04. The number of aryl methyl sites for hydroxylation is 1. The number of halogens is 1. The van der Waals surface area contributed by atoms with Crippen molar-refractivity contribution in [3.63, 3.8) is 0 Å². The Morgan fingerprint density at radius 3 is 2.94 bits per heavy atom. The largest absolute Gasteiger partial charge is 0.501 e. The molecule has 0 amide bonds. The van der Waals surface area contributed by atoms with Crippen LogP contribution in [0.4, 0.5) is 0 Å². The predicted octanol–water partition coefficient (Wildman–Crippen LogP) is 2.85. The molecule has 0 saturated heterocycles. The third-order valence-electron chi connectivity index (χ3n) is 3.05. The normalized spacial score (nSPS) is 17.2. The topological polar surface area (TPSA) is 47.3 Å². The lowest BCUT2D eigenvalue weighted by Crippen LogP contribution is -2.30. The van der Waals surface area contributed by atoms with E-state index in [4.69, 9.17) is 22.2 Å². The van der Waals surface area contributed by atoms with Gasteiger partial charge in [-0.15, -0.1) is 0 Å². The lowest BCUT2D eigenvalue weighted by atomic mass is 9.93. The van der Waals surface area contributed by atoms with Crippen LogP contribution in [0.25, 0.3) is 0 Å². The predicted molar refractivity (Wildman–Crippen MR) is 69.5 cm³/mol. The summed E-state index contributed by atoms with van der Waals surface area (Å²) in [5, 5.41) is 0.725. The molecule has 0 radical (unpaired) electrons. The molecule has 0 aliphatic carbocycles. The Labute approximate surface area is 107 Å². The fourth-order valence-electron chi connectivity index (χ4n) is 2.12. The van der Waals surface area contributed by atoms with Gasteiger partial charge in [-0.1, -0.05) is 17.7 Å². The van der Waals surface area contributed by atoms with Crippen molar-refractivity contribution in [2.75, 3.05) is 6.61 Å². The van der Waals surface area contributed by atoms with Crippen molar-refractivity contribution in [2.45, 2.75) is 25.8 Å². The quantitative estimate of drug-likeness (QED) is 0.642. The molecule has 1 aromatic rings. The first-order chi connectivity index (χ1) is 8.22. The van der Waals surface area contributed by atoms with Gasteiger partial charge in [-0.25, -0.2) is 5.43 Å². The molecule has 92 valence electrons. The summed E-state index contributed by atoms with van der Waals surface area (Å²) >= 11 is 6.04. The Hall–Kier alpha value is -1.03. The smallest absolute Gasteiger partial charge is 0.0876 e. The van der Waals surface area contributed by atoms with Gasteiger partial charge in [0.2, 0.25) is 0 Å². The van der Waals surface area contributed by atoms with Crippen molar-refractivity contribution < 1.29 is 4.74 Å². The molecule has 3 nitrogen and oxygen atoms in total. The van der Waals surface area contributed by atoms with Crippen LogP contribution in [-0.4, -0.2) is 6.61 Å². The second-order valence-corrected chi connectivity index (χ2v) is 4.70. The molecular formula is C13H17ClN2O. The number of hydrogen-bond donors (Lipinski definition) is 2. The first kappa shape index (κ1) is 12.4. The second kappa shape index (κ2) is 5.54. The van der Waals surface area contributed by atoms with Crippen molar-refractivity contribution >= 4 is 11.6 Å². The van der Waals surface area contributed by atoms with Gasteiger partial charge >= 0.3 is 0 Å². The fraction of sp³-hybridized carbons (Fsp3) is 0.385. The van der Waals surface area contributed by atoms with Gasteiger partial charge in [-0.05, 0) is 48.6 Å². The van der Waals surface area contributed by atoms with Crippen molar-refractivity contribution in [1.82, 2.24) is 5.43 Å².